The number of nitrogens with one attached hydrogen (secondary N) is 1. The van der Waals surface area contributed by atoms with E-state index in [2.05, 4.69) is 50.0 Å². The first-order chi connectivity index (χ1) is 8.14. The standard InChI is InChI=1S/C15H23NO/c1-4-10-17-13-15(2,3)12-16-11-14-8-6-5-7-9-14/h4-9,16H,1,10-13H2,2-3H3. The van der Waals surface area contributed by atoms with Gasteiger partial charge in [0.15, 0.2) is 0 Å². The van der Waals surface area contributed by atoms with Crippen molar-refractivity contribution in [2.24, 2.45) is 5.41 Å². The molecule has 1 rings (SSSR count). The van der Waals surface area contributed by atoms with Crippen molar-refractivity contribution >= 4 is 0 Å². The van der Waals surface area contributed by atoms with Crippen molar-refractivity contribution in [3.63, 3.8) is 0 Å². The third kappa shape index (κ3) is 6.25. The van der Waals surface area contributed by atoms with Crippen molar-refractivity contribution in [1.82, 2.24) is 5.32 Å². The van der Waals surface area contributed by atoms with Gasteiger partial charge in [0.25, 0.3) is 0 Å². The molecule has 1 aromatic rings. The van der Waals surface area contributed by atoms with Gasteiger partial charge in [-0.1, -0.05) is 50.3 Å². The lowest BCUT2D eigenvalue weighted by molar-refractivity contribution is 0.0801. The van der Waals surface area contributed by atoms with Crippen molar-refractivity contribution in [1.29, 1.82) is 0 Å². The van der Waals surface area contributed by atoms with Crippen LogP contribution in [0.3, 0.4) is 0 Å². The van der Waals surface area contributed by atoms with Crippen LogP contribution >= 0.6 is 0 Å². The molecule has 0 radical (unpaired) electrons. The van der Waals surface area contributed by atoms with Crippen LogP contribution in [0.25, 0.3) is 0 Å². The van der Waals surface area contributed by atoms with Crippen LogP contribution in [-0.2, 0) is 11.3 Å². The Kier molecular flexibility index (Phi) is 5.95. The molecular weight excluding hydrogens is 210 g/mol. The van der Waals surface area contributed by atoms with Crippen molar-refractivity contribution in [2.75, 3.05) is 19.8 Å². The van der Waals surface area contributed by atoms with Crippen LogP contribution in [0.2, 0.25) is 0 Å². The molecule has 0 amide bonds. The van der Waals surface area contributed by atoms with Crippen LogP contribution in [0.15, 0.2) is 43.0 Å². The summed E-state index contributed by atoms with van der Waals surface area (Å²) in [4.78, 5) is 0. The second-order valence-electron chi connectivity index (χ2n) is 5.06. The van der Waals surface area contributed by atoms with E-state index < -0.39 is 0 Å². The summed E-state index contributed by atoms with van der Waals surface area (Å²) in [6.07, 6.45) is 1.79. The quantitative estimate of drug-likeness (QED) is 0.550. The average Bonchev–Trinajstić information content (AvgIpc) is 2.30. The van der Waals surface area contributed by atoms with Crippen LogP contribution in [0.1, 0.15) is 19.4 Å². The Morgan fingerprint density at radius 2 is 2.00 bits per heavy atom. The van der Waals surface area contributed by atoms with E-state index in [4.69, 9.17) is 4.74 Å². The predicted octanol–water partition coefficient (Wildman–Crippen LogP) is 3.01. The first-order valence-electron chi connectivity index (χ1n) is 6.07. The van der Waals surface area contributed by atoms with Crippen LogP contribution in [0.5, 0.6) is 0 Å². The lowest BCUT2D eigenvalue weighted by atomic mass is 9.95. The molecule has 0 unspecified atom stereocenters. The third-order valence-corrected chi connectivity index (χ3v) is 2.50. The number of benzene rings is 1. The largest absolute Gasteiger partial charge is 0.377 e. The minimum Gasteiger partial charge on any atom is -0.377 e. The number of hydrogen-bond donors (Lipinski definition) is 1. The van der Waals surface area contributed by atoms with E-state index in [0.29, 0.717) is 6.61 Å². The lowest BCUT2D eigenvalue weighted by Gasteiger charge is -2.24. The maximum absolute atomic E-state index is 5.49. The summed E-state index contributed by atoms with van der Waals surface area (Å²) >= 11 is 0. The Morgan fingerprint density at radius 3 is 2.65 bits per heavy atom. The highest BCUT2D eigenvalue weighted by molar-refractivity contribution is 5.14. The van der Waals surface area contributed by atoms with Gasteiger partial charge in [-0.15, -0.1) is 6.58 Å². The molecule has 0 aromatic heterocycles. The number of hydrogen-bond acceptors (Lipinski definition) is 2. The van der Waals surface area contributed by atoms with Gasteiger partial charge < -0.3 is 10.1 Å². The first-order valence-corrected chi connectivity index (χ1v) is 6.07. The van der Waals surface area contributed by atoms with Crippen LogP contribution < -0.4 is 5.32 Å². The van der Waals surface area contributed by atoms with Gasteiger partial charge in [0.05, 0.1) is 13.2 Å². The zero-order valence-corrected chi connectivity index (χ0v) is 10.9. The Bertz CT molecular complexity index is 319. The molecule has 1 N–H and O–H groups in total. The Labute approximate surface area is 105 Å². The molecule has 0 heterocycles. The van der Waals surface area contributed by atoms with Crippen LogP contribution in [0.4, 0.5) is 0 Å². The molecule has 0 spiro atoms. The Hall–Kier alpha value is -1.12. The van der Waals surface area contributed by atoms with Gasteiger partial charge in [0.1, 0.15) is 0 Å². The van der Waals surface area contributed by atoms with Crippen molar-refractivity contribution in [3.8, 4) is 0 Å². The summed E-state index contributed by atoms with van der Waals surface area (Å²) in [7, 11) is 0. The third-order valence-electron chi connectivity index (χ3n) is 2.50. The van der Waals surface area contributed by atoms with Gasteiger partial charge >= 0.3 is 0 Å². The fraction of sp³-hybridized carbons (Fsp3) is 0.467. The normalized spacial score (nSPS) is 11.4. The smallest absolute Gasteiger partial charge is 0.0645 e. The second kappa shape index (κ2) is 7.25. The summed E-state index contributed by atoms with van der Waals surface area (Å²) in [6.45, 7) is 11.3. The Morgan fingerprint density at radius 1 is 1.29 bits per heavy atom. The molecule has 2 heteroatoms. The topological polar surface area (TPSA) is 21.3 Å². The monoisotopic (exact) mass is 233 g/mol. The van der Waals surface area contributed by atoms with E-state index in [9.17, 15) is 0 Å². The molecule has 17 heavy (non-hydrogen) atoms. The minimum absolute atomic E-state index is 0.151. The molecule has 1 aromatic carbocycles. The number of ether oxygens (including phenoxy) is 1. The minimum atomic E-state index is 0.151. The zero-order chi connectivity index (χ0) is 12.6. The molecule has 0 saturated carbocycles. The summed E-state index contributed by atoms with van der Waals surface area (Å²) in [5.41, 5.74) is 1.47. The fourth-order valence-corrected chi connectivity index (χ4v) is 1.61. The van der Waals surface area contributed by atoms with Gasteiger partial charge in [-0.3, -0.25) is 0 Å². The molecule has 94 valence electrons. The molecule has 0 aliphatic heterocycles. The first kappa shape index (κ1) is 13.9. The van der Waals surface area contributed by atoms with Gasteiger partial charge in [-0.2, -0.15) is 0 Å². The molecule has 0 bridgehead atoms. The van der Waals surface area contributed by atoms with Gasteiger partial charge in [-0.25, -0.2) is 0 Å². The van der Waals surface area contributed by atoms with Crippen molar-refractivity contribution < 1.29 is 4.74 Å². The lowest BCUT2D eigenvalue weighted by Crippen LogP contribution is -2.33. The average molecular weight is 233 g/mol. The van der Waals surface area contributed by atoms with E-state index in [-0.39, 0.29) is 5.41 Å². The van der Waals surface area contributed by atoms with E-state index in [1.54, 1.807) is 6.08 Å². The van der Waals surface area contributed by atoms with Gasteiger partial charge in [0, 0.05) is 18.5 Å². The fourth-order valence-electron chi connectivity index (χ4n) is 1.61. The van der Waals surface area contributed by atoms with E-state index in [1.807, 2.05) is 6.07 Å². The Balaban J connectivity index is 2.22. The van der Waals surface area contributed by atoms with Crippen LogP contribution in [-0.4, -0.2) is 19.8 Å². The highest BCUT2D eigenvalue weighted by Crippen LogP contribution is 2.14. The number of rotatable bonds is 8. The predicted molar refractivity (Wildman–Crippen MR) is 72.9 cm³/mol. The molecular formula is C15H23NO. The SMILES string of the molecule is C=CCOCC(C)(C)CNCc1ccccc1. The summed E-state index contributed by atoms with van der Waals surface area (Å²) < 4.78 is 5.49. The molecule has 0 saturated heterocycles. The van der Waals surface area contributed by atoms with Gasteiger partial charge in [-0.05, 0) is 5.56 Å². The van der Waals surface area contributed by atoms with E-state index in [0.717, 1.165) is 19.7 Å². The molecule has 0 aliphatic rings. The second-order valence-corrected chi connectivity index (χ2v) is 5.06. The van der Waals surface area contributed by atoms with Crippen molar-refractivity contribution in [2.45, 2.75) is 20.4 Å². The van der Waals surface area contributed by atoms with Crippen molar-refractivity contribution in [3.05, 3.63) is 48.6 Å². The highest BCUT2D eigenvalue weighted by Gasteiger charge is 2.17. The van der Waals surface area contributed by atoms with Crippen LogP contribution in [0, 0.1) is 5.41 Å². The highest BCUT2D eigenvalue weighted by atomic mass is 16.5. The van der Waals surface area contributed by atoms with E-state index in [1.165, 1.54) is 5.56 Å². The van der Waals surface area contributed by atoms with Gasteiger partial charge in [0.2, 0.25) is 0 Å². The summed E-state index contributed by atoms with van der Waals surface area (Å²) in [5.74, 6) is 0. The molecule has 0 aliphatic carbocycles. The summed E-state index contributed by atoms with van der Waals surface area (Å²) in [5, 5.41) is 3.46. The molecule has 0 atom stereocenters. The van der Waals surface area contributed by atoms with E-state index >= 15 is 0 Å². The molecule has 2 nitrogen and oxygen atoms in total. The summed E-state index contributed by atoms with van der Waals surface area (Å²) in [6, 6.07) is 10.4. The zero-order valence-electron chi connectivity index (χ0n) is 10.9. The maximum Gasteiger partial charge on any atom is 0.0645 e. The molecule has 0 fully saturated rings. The maximum atomic E-state index is 5.49.